The molecule has 15 heteroatoms. The third kappa shape index (κ3) is 6.69. The van der Waals surface area contributed by atoms with Crippen molar-refractivity contribution in [1.82, 2.24) is 14.9 Å². The molecule has 0 unspecified atom stereocenters. The zero-order chi connectivity index (χ0) is 35.2. The molecule has 9 nitrogen and oxygen atoms in total. The van der Waals surface area contributed by atoms with Crippen LogP contribution in [0.5, 0.6) is 5.75 Å². The van der Waals surface area contributed by atoms with Crippen molar-refractivity contribution < 1.29 is 50.5 Å². The van der Waals surface area contributed by atoms with Gasteiger partial charge in [0.1, 0.15) is 17.7 Å². The van der Waals surface area contributed by atoms with Crippen LogP contribution in [-0.2, 0) is 23.6 Å². The monoisotopic (exact) mass is 686 g/mol. The van der Waals surface area contributed by atoms with Gasteiger partial charge in [0, 0.05) is 36.0 Å². The van der Waals surface area contributed by atoms with Crippen molar-refractivity contribution in [2.45, 2.75) is 44.4 Å². The van der Waals surface area contributed by atoms with Crippen molar-refractivity contribution >= 4 is 17.9 Å². The first-order valence-electron chi connectivity index (χ1n) is 15.0. The van der Waals surface area contributed by atoms with Crippen LogP contribution in [0.1, 0.15) is 52.2 Å². The van der Waals surface area contributed by atoms with Gasteiger partial charge in [-0.2, -0.15) is 26.3 Å². The minimum atomic E-state index is -5.07. The minimum Gasteiger partial charge on any atom is -0.496 e. The number of ether oxygens (including phenoxy) is 2. The molecule has 49 heavy (non-hydrogen) atoms. The number of carboxylic acids is 1. The number of halogens is 6. The summed E-state index contributed by atoms with van der Waals surface area (Å²) in [4.78, 5) is 36.9. The molecule has 256 valence electrons. The number of alkyl halides is 6. The Bertz CT molecular complexity index is 1880. The van der Waals surface area contributed by atoms with Gasteiger partial charge in [-0.1, -0.05) is 0 Å². The summed E-state index contributed by atoms with van der Waals surface area (Å²) in [6.07, 6.45) is -10.3. The van der Waals surface area contributed by atoms with E-state index in [2.05, 4.69) is 4.98 Å². The lowest BCUT2D eigenvalue weighted by Gasteiger charge is -2.33. The van der Waals surface area contributed by atoms with E-state index in [-0.39, 0.29) is 18.2 Å². The van der Waals surface area contributed by atoms with Crippen LogP contribution in [0.4, 0.5) is 37.0 Å². The largest absolute Gasteiger partial charge is 0.496 e. The van der Waals surface area contributed by atoms with Gasteiger partial charge in [-0.3, -0.25) is 9.88 Å². The number of cyclic esters (lactones) is 1. The highest BCUT2D eigenvalue weighted by Gasteiger charge is 2.43. The van der Waals surface area contributed by atoms with Gasteiger partial charge >= 0.3 is 24.4 Å². The molecular weight excluding hydrogens is 658 g/mol. The first-order valence-corrected chi connectivity index (χ1v) is 15.0. The van der Waals surface area contributed by atoms with Crippen molar-refractivity contribution in [2.24, 2.45) is 0 Å². The number of hydrogen-bond acceptors (Lipinski definition) is 7. The van der Waals surface area contributed by atoms with Gasteiger partial charge < -0.3 is 19.5 Å². The van der Waals surface area contributed by atoms with Crippen LogP contribution in [-0.4, -0.2) is 58.3 Å². The van der Waals surface area contributed by atoms with E-state index in [1.807, 2.05) is 4.90 Å². The molecule has 0 aliphatic carbocycles. The lowest BCUT2D eigenvalue weighted by molar-refractivity contribution is -0.143. The van der Waals surface area contributed by atoms with E-state index in [9.17, 15) is 41.0 Å². The zero-order valence-electron chi connectivity index (χ0n) is 26.0. The Morgan fingerprint density at radius 3 is 2.20 bits per heavy atom. The van der Waals surface area contributed by atoms with Crippen LogP contribution >= 0.6 is 0 Å². The molecule has 2 aromatic carbocycles. The third-order valence-corrected chi connectivity index (χ3v) is 8.59. The topological polar surface area (TPSA) is 105 Å². The minimum absolute atomic E-state index is 0.00948. The van der Waals surface area contributed by atoms with Crippen molar-refractivity contribution in [1.29, 1.82) is 0 Å². The van der Waals surface area contributed by atoms with Gasteiger partial charge in [0.05, 0.1) is 47.8 Å². The molecule has 0 bridgehead atoms. The summed E-state index contributed by atoms with van der Waals surface area (Å²) in [6, 6.07) is 11.9. The van der Waals surface area contributed by atoms with Gasteiger partial charge in [0.15, 0.2) is 0 Å². The summed E-state index contributed by atoms with van der Waals surface area (Å²) < 4.78 is 92.8. The van der Waals surface area contributed by atoms with Gasteiger partial charge in [-0.05, 0) is 79.6 Å². The highest BCUT2D eigenvalue weighted by atomic mass is 19.4. The number of nitrogens with zero attached hydrogens (tertiary/aromatic N) is 4. The van der Waals surface area contributed by atoms with E-state index in [1.54, 1.807) is 36.4 Å². The highest BCUT2D eigenvalue weighted by Crippen LogP contribution is 2.42. The van der Waals surface area contributed by atoms with E-state index >= 15 is 0 Å². The molecule has 2 aromatic heterocycles. The standard InChI is InChI=1S/C34H28F6N4O5/c1-18-30(21-12-22(33(35,36)37)15-23(13-21)34(38,39)40)49-32(47)44(18)17-27-24(6-9-29(42-27)43-10-3-11-43)25-14-19(5-8-28(25)48-2)26-7-4-20(16-41-26)31(45)46/h4-9,12-16,18,30H,3,10-11,17H2,1-2H3,(H,45,46)/t18-,30-/m0/s1. The maximum atomic E-state index is 13.6. The predicted octanol–water partition coefficient (Wildman–Crippen LogP) is 7.85. The Hall–Kier alpha value is -5.34. The van der Waals surface area contributed by atoms with E-state index < -0.39 is 53.3 Å². The van der Waals surface area contributed by atoms with E-state index in [0.29, 0.717) is 51.8 Å². The van der Waals surface area contributed by atoms with Gasteiger partial charge in [0.25, 0.3) is 0 Å². The Balaban J connectivity index is 1.39. The normalized spacial score (nSPS) is 17.9. The molecule has 0 spiro atoms. The molecule has 2 aliphatic heterocycles. The summed E-state index contributed by atoms with van der Waals surface area (Å²) >= 11 is 0. The van der Waals surface area contributed by atoms with E-state index in [1.165, 1.54) is 31.2 Å². The molecule has 4 heterocycles. The van der Waals surface area contributed by atoms with Crippen LogP contribution in [0, 0.1) is 0 Å². The molecule has 2 aliphatic rings. The number of carbonyl (C=O) groups is 2. The second-order valence-electron chi connectivity index (χ2n) is 11.7. The van der Waals surface area contributed by atoms with Gasteiger partial charge in [-0.15, -0.1) is 0 Å². The van der Waals surface area contributed by atoms with Crippen LogP contribution in [0.3, 0.4) is 0 Å². The van der Waals surface area contributed by atoms with Crippen molar-refractivity contribution in [3.05, 3.63) is 94.8 Å². The Labute approximate surface area is 275 Å². The number of carbonyl (C=O) groups excluding carboxylic acids is 1. The van der Waals surface area contributed by atoms with Crippen LogP contribution in [0.15, 0.2) is 66.9 Å². The molecule has 1 N–H and O–H groups in total. The Kier molecular flexibility index (Phi) is 8.63. The van der Waals surface area contributed by atoms with E-state index in [4.69, 9.17) is 14.5 Å². The van der Waals surface area contributed by atoms with Crippen LogP contribution in [0.2, 0.25) is 0 Å². The van der Waals surface area contributed by atoms with Crippen molar-refractivity contribution in [3.8, 4) is 28.1 Å². The average molecular weight is 687 g/mol. The molecule has 4 aromatic rings. The molecular formula is C34H28F6N4O5. The van der Waals surface area contributed by atoms with Crippen molar-refractivity contribution in [2.75, 3.05) is 25.1 Å². The highest BCUT2D eigenvalue weighted by molar-refractivity contribution is 5.87. The first kappa shape index (κ1) is 33.6. The molecule has 0 radical (unpaired) electrons. The zero-order valence-corrected chi connectivity index (χ0v) is 26.0. The molecule has 0 saturated carbocycles. The first-order chi connectivity index (χ1) is 23.1. The molecule has 2 fully saturated rings. The quantitative estimate of drug-likeness (QED) is 0.187. The Morgan fingerprint density at radius 1 is 0.959 bits per heavy atom. The fourth-order valence-corrected chi connectivity index (χ4v) is 5.81. The maximum Gasteiger partial charge on any atom is 0.416 e. The predicted molar refractivity (Wildman–Crippen MR) is 164 cm³/mol. The Morgan fingerprint density at radius 2 is 1.65 bits per heavy atom. The van der Waals surface area contributed by atoms with Crippen LogP contribution in [0.25, 0.3) is 22.4 Å². The number of amides is 1. The van der Waals surface area contributed by atoms with Crippen molar-refractivity contribution in [3.63, 3.8) is 0 Å². The molecule has 6 rings (SSSR count). The van der Waals surface area contributed by atoms with E-state index in [0.717, 1.165) is 19.5 Å². The second kappa shape index (κ2) is 12.6. The average Bonchev–Trinajstić information content (AvgIpc) is 3.31. The van der Waals surface area contributed by atoms with Gasteiger partial charge in [0.2, 0.25) is 0 Å². The number of aromatic carboxylic acids is 1. The fraction of sp³-hybridized carbons (Fsp3) is 0.294. The maximum absolute atomic E-state index is 13.6. The SMILES string of the molecule is COc1ccc(-c2ccc(C(=O)O)cn2)cc1-c1ccc(N2CCC2)nc1CN1C(=O)O[C@H](c2cc(C(F)(F)F)cc(C(F)(F)F)c2)[C@@H]1C. The summed E-state index contributed by atoms with van der Waals surface area (Å²) in [5.41, 5.74) is -0.909. The molecule has 2 atom stereocenters. The summed E-state index contributed by atoms with van der Waals surface area (Å²) in [7, 11) is 1.47. The summed E-state index contributed by atoms with van der Waals surface area (Å²) in [6.45, 7) is 2.79. The number of hydrogen-bond donors (Lipinski definition) is 1. The van der Waals surface area contributed by atoms with Crippen LogP contribution < -0.4 is 9.64 Å². The molecule has 2 saturated heterocycles. The number of rotatable bonds is 8. The number of anilines is 1. The summed E-state index contributed by atoms with van der Waals surface area (Å²) in [5.74, 6) is -0.0713. The molecule has 1 amide bonds. The third-order valence-electron chi connectivity index (χ3n) is 8.59. The number of methoxy groups -OCH3 is 1. The summed E-state index contributed by atoms with van der Waals surface area (Å²) in [5, 5.41) is 9.25. The van der Waals surface area contributed by atoms with Gasteiger partial charge in [-0.25, -0.2) is 14.6 Å². The lowest BCUT2D eigenvalue weighted by Crippen LogP contribution is -2.38. The second-order valence-corrected chi connectivity index (χ2v) is 11.7. The fourth-order valence-electron chi connectivity index (χ4n) is 5.81. The number of pyridine rings is 2. The number of benzene rings is 2. The number of carboxylic acid groups (broad SMARTS) is 1. The number of aromatic nitrogens is 2. The smallest absolute Gasteiger partial charge is 0.416 e. The lowest BCUT2D eigenvalue weighted by atomic mass is 9.96.